The Morgan fingerprint density at radius 1 is 1.35 bits per heavy atom. The number of morpholine rings is 1. The van der Waals surface area contributed by atoms with Crippen LogP contribution in [0.4, 0.5) is 0 Å². The van der Waals surface area contributed by atoms with Crippen molar-refractivity contribution in [2.45, 2.75) is 24.1 Å². The first kappa shape index (κ1) is 16.8. The van der Waals surface area contributed by atoms with Crippen LogP contribution in [0.25, 0.3) is 0 Å². The molecule has 1 aromatic rings. The number of hydrogen-bond acceptors (Lipinski definition) is 6. The Bertz CT molecular complexity index is 667. The molecular weight excluding hydrogens is 338 g/mol. The molecule has 128 valence electrons. The molecular formula is C14H21N3O4S2. The Kier molecular flexibility index (Phi) is 5.00. The third kappa shape index (κ3) is 3.57. The normalized spacial score (nSPS) is 23.9. The van der Waals surface area contributed by atoms with Crippen molar-refractivity contribution in [3.8, 4) is 0 Å². The van der Waals surface area contributed by atoms with Gasteiger partial charge in [0.25, 0.3) is 10.0 Å². The molecule has 0 bridgehead atoms. The van der Waals surface area contributed by atoms with Gasteiger partial charge in [0.1, 0.15) is 0 Å². The predicted molar refractivity (Wildman–Crippen MR) is 85.7 cm³/mol. The molecule has 2 saturated heterocycles. The van der Waals surface area contributed by atoms with Crippen LogP contribution in [0.15, 0.2) is 9.72 Å². The van der Waals surface area contributed by atoms with E-state index in [0.29, 0.717) is 45.0 Å². The van der Waals surface area contributed by atoms with Crippen molar-refractivity contribution in [3.05, 3.63) is 11.1 Å². The van der Waals surface area contributed by atoms with E-state index in [0.717, 1.165) is 17.8 Å². The molecule has 0 saturated carbocycles. The van der Waals surface area contributed by atoms with E-state index >= 15 is 0 Å². The first-order chi connectivity index (χ1) is 11.0. The molecule has 0 aromatic carbocycles. The van der Waals surface area contributed by atoms with Gasteiger partial charge in [-0.3, -0.25) is 4.79 Å². The van der Waals surface area contributed by atoms with Gasteiger partial charge in [0.15, 0.2) is 0 Å². The summed E-state index contributed by atoms with van der Waals surface area (Å²) >= 11 is 1.14. The molecule has 0 N–H and O–H groups in total. The van der Waals surface area contributed by atoms with Gasteiger partial charge in [-0.05, 0) is 19.8 Å². The van der Waals surface area contributed by atoms with Crippen molar-refractivity contribution in [2.75, 3.05) is 39.4 Å². The molecule has 1 amide bonds. The van der Waals surface area contributed by atoms with Gasteiger partial charge in [-0.2, -0.15) is 4.31 Å². The number of piperidine rings is 1. The third-order valence-electron chi connectivity index (χ3n) is 4.21. The highest BCUT2D eigenvalue weighted by atomic mass is 32.2. The fourth-order valence-electron chi connectivity index (χ4n) is 2.97. The minimum Gasteiger partial charge on any atom is -0.378 e. The number of sulfonamides is 1. The molecule has 0 unspecified atom stereocenters. The standard InChI is InChI=1S/C14H21N3O4S2/c1-11-10-22-14(15-11)23(19,20)17-4-2-3-12(9-17)13(18)16-5-7-21-8-6-16/h10,12H,2-9H2,1H3/t12-/m1/s1. The fourth-order valence-corrected chi connectivity index (χ4v) is 5.66. The summed E-state index contributed by atoms with van der Waals surface area (Å²) in [5, 5.41) is 1.73. The van der Waals surface area contributed by atoms with Crippen LogP contribution in [-0.4, -0.2) is 67.9 Å². The lowest BCUT2D eigenvalue weighted by Gasteiger charge is -2.35. The van der Waals surface area contributed by atoms with Crippen molar-refractivity contribution in [1.82, 2.24) is 14.2 Å². The van der Waals surface area contributed by atoms with Crippen molar-refractivity contribution in [2.24, 2.45) is 5.92 Å². The van der Waals surface area contributed by atoms with Gasteiger partial charge < -0.3 is 9.64 Å². The highest BCUT2D eigenvalue weighted by Crippen LogP contribution is 2.26. The zero-order valence-electron chi connectivity index (χ0n) is 13.1. The average molecular weight is 359 g/mol. The van der Waals surface area contributed by atoms with E-state index in [-0.39, 0.29) is 22.7 Å². The summed E-state index contributed by atoms with van der Waals surface area (Å²) in [5.74, 6) is -0.221. The Balaban J connectivity index is 1.71. The molecule has 7 nitrogen and oxygen atoms in total. The largest absolute Gasteiger partial charge is 0.378 e. The summed E-state index contributed by atoms with van der Waals surface area (Å²) in [7, 11) is -3.59. The van der Waals surface area contributed by atoms with Gasteiger partial charge in [-0.25, -0.2) is 13.4 Å². The van der Waals surface area contributed by atoms with Gasteiger partial charge in [0.05, 0.1) is 19.1 Å². The number of aryl methyl sites for hydroxylation is 1. The molecule has 1 aromatic heterocycles. The fraction of sp³-hybridized carbons (Fsp3) is 0.714. The van der Waals surface area contributed by atoms with Crippen LogP contribution >= 0.6 is 11.3 Å². The molecule has 2 aliphatic rings. The zero-order chi connectivity index (χ0) is 16.4. The summed E-state index contributed by atoms with van der Waals surface area (Å²) in [6.07, 6.45) is 1.43. The lowest BCUT2D eigenvalue weighted by molar-refractivity contribution is -0.140. The number of carbonyl (C=O) groups is 1. The van der Waals surface area contributed by atoms with Gasteiger partial charge >= 0.3 is 0 Å². The molecule has 0 aliphatic carbocycles. The lowest BCUT2D eigenvalue weighted by Crippen LogP contribution is -2.49. The summed E-state index contributed by atoms with van der Waals surface area (Å²) in [6.45, 7) is 4.76. The van der Waals surface area contributed by atoms with Crippen molar-refractivity contribution in [3.63, 3.8) is 0 Å². The second kappa shape index (κ2) is 6.84. The average Bonchev–Trinajstić information content (AvgIpc) is 3.02. The Hall–Kier alpha value is -1.03. The summed E-state index contributed by atoms with van der Waals surface area (Å²) in [4.78, 5) is 18.5. The quantitative estimate of drug-likeness (QED) is 0.794. The smallest absolute Gasteiger partial charge is 0.270 e. The van der Waals surface area contributed by atoms with Crippen LogP contribution in [-0.2, 0) is 19.6 Å². The highest BCUT2D eigenvalue weighted by Gasteiger charge is 2.36. The van der Waals surface area contributed by atoms with E-state index in [4.69, 9.17) is 4.74 Å². The Labute approximate surface area is 140 Å². The van der Waals surface area contributed by atoms with E-state index in [2.05, 4.69) is 4.98 Å². The minimum absolute atomic E-state index is 0.0449. The van der Waals surface area contributed by atoms with Crippen LogP contribution in [0, 0.1) is 12.8 Å². The van der Waals surface area contributed by atoms with E-state index in [1.165, 1.54) is 4.31 Å². The maximum Gasteiger partial charge on any atom is 0.270 e. The number of aromatic nitrogens is 1. The summed E-state index contributed by atoms with van der Waals surface area (Å²) in [6, 6.07) is 0. The van der Waals surface area contributed by atoms with Crippen LogP contribution in [0.5, 0.6) is 0 Å². The first-order valence-corrected chi connectivity index (χ1v) is 10.1. The number of thiazole rings is 1. The predicted octanol–water partition coefficient (Wildman–Crippen LogP) is 0.711. The summed E-state index contributed by atoms with van der Waals surface area (Å²) < 4.78 is 32.1. The highest BCUT2D eigenvalue weighted by molar-refractivity contribution is 7.91. The maximum absolute atomic E-state index is 12.7. The second-order valence-electron chi connectivity index (χ2n) is 5.89. The molecule has 1 atom stereocenters. The Morgan fingerprint density at radius 3 is 2.74 bits per heavy atom. The third-order valence-corrected chi connectivity index (χ3v) is 7.43. The molecule has 2 aliphatic heterocycles. The molecule has 3 rings (SSSR count). The molecule has 0 spiro atoms. The molecule has 23 heavy (non-hydrogen) atoms. The Morgan fingerprint density at radius 2 is 2.09 bits per heavy atom. The SMILES string of the molecule is Cc1csc(S(=O)(=O)N2CCC[C@@H](C(=O)N3CCOCC3)C2)n1. The molecule has 0 radical (unpaired) electrons. The van der Waals surface area contributed by atoms with Crippen molar-refractivity contribution in [1.29, 1.82) is 0 Å². The van der Waals surface area contributed by atoms with Gasteiger partial charge in [-0.1, -0.05) is 0 Å². The number of rotatable bonds is 3. The van der Waals surface area contributed by atoms with Crippen LogP contribution in [0.2, 0.25) is 0 Å². The van der Waals surface area contributed by atoms with Crippen molar-refractivity contribution < 1.29 is 17.9 Å². The number of amides is 1. The maximum atomic E-state index is 12.7. The molecule has 3 heterocycles. The van der Waals surface area contributed by atoms with E-state index in [1.807, 2.05) is 0 Å². The topological polar surface area (TPSA) is 79.8 Å². The molecule has 2 fully saturated rings. The van der Waals surface area contributed by atoms with E-state index in [9.17, 15) is 13.2 Å². The van der Waals surface area contributed by atoms with E-state index < -0.39 is 10.0 Å². The number of hydrogen-bond donors (Lipinski definition) is 0. The van der Waals surface area contributed by atoms with E-state index in [1.54, 1.807) is 17.2 Å². The minimum atomic E-state index is -3.59. The van der Waals surface area contributed by atoms with Crippen LogP contribution in [0.1, 0.15) is 18.5 Å². The number of ether oxygens (including phenoxy) is 1. The first-order valence-electron chi connectivity index (χ1n) is 7.77. The second-order valence-corrected chi connectivity index (χ2v) is 8.86. The van der Waals surface area contributed by atoms with Gasteiger partial charge in [-0.15, -0.1) is 11.3 Å². The number of carbonyl (C=O) groups excluding carboxylic acids is 1. The van der Waals surface area contributed by atoms with Crippen LogP contribution < -0.4 is 0 Å². The van der Waals surface area contributed by atoms with Crippen LogP contribution in [0.3, 0.4) is 0 Å². The molecule has 9 heteroatoms. The van der Waals surface area contributed by atoms with Gasteiger partial charge in [0, 0.05) is 37.3 Å². The number of nitrogens with zero attached hydrogens (tertiary/aromatic N) is 3. The summed E-state index contributed by atoms with van der Waals surface area (Å²) in [5.41, 5.74) is 0.700. The zero-order valence-corrected chi connectivity index (χ0v) is 14.7. The van der Waals surface area contributed by atoms with Crippen molar-refractivity contribution >= 4 is 27.3 Å². The van der Waals surface area contributed by atoms with Gasteiger partial charge in [0.2, 0.25) is 10.2 Å². The lowest BCUT2D eigenvalue weighted by atomic mass is 9.98. The monoisotopic (exact) mass is 359 g/mol.